The second-order valence-electron chi connectivity index (χ2n) is 6.75. The molecule has 0 fully saturated rings. The molecule has 2 aliphatic heterocycles. The van der Waals surface area contributed by atoms with E-state index in [9.17, 15) is 0 Å². The molecule has 4 rings (SSSR count). The van der Waals surface area contributed by atoms with E-state index in [-0.39, 0.29) is 0 Å². The molecule has 0 spiro atoms. The van der Waals surface area contributed by atoms with Crippen LogP contribution in [-0.4, -0.2) is 11.0 Å². The molecule has 2 aromatic rings. The van der Waals surface area contributed by atoms with Gasteiger partial charge < -0.3 is 0 Å². The summed E-state index contributed by atoms with van der Waals surface area (Å²) in [6.45, 7) is 7.02. The van der Waals surface area contributed by atoms with Crippen LogP contribution < -0.4 is 0 Å². The molecule has 0 saturated carbocycles. The van der Waals surface area contributed by atoms with Crippen molar-refractivity contribution in [1.29, 1.82) is 0 Å². The van der Waals surface area contributed by atoms with Gasteiger partial charge in [0.25, 0.3) is 0 Å². The molecule has 23 heavy (non-hydrogen) atoms. The molecular formula is C22H23S+. The molecule has 2 heterocycles. The Labute approximate surface area is 142 Å². The van der Waals surface area contributed by atoms with Crippen LogP contribution in [0.3, 0.4) is 0 Å². The Morgan fingerprint density at radius 3 is 2.30 bits per heavy atom. The molecule has 2 unspecified atom stereocenters. The fourth-order valence-corrected chi connectivity index (χ4v) is 6.95. The highest BCUT2D eigenvalue weighted by atomic mass is 32.2. The molecule has 0 amide bonds. The van der Waals surface area contributed by atoms with Gasteiger partial charge in [-0.3, -0.25) is 0 Å². The van der Waals surface area contributed by atoms with Crippen LogP contribution in [0.1, 0.15) is 38.3 Å². The van der Waals surface area contributed by atoms with Crippen LogP contribution in [0.2, 0.25) is 0 Å². The van der Waals surface area contributed by atoms with Crippen molar-refractivity contribution < 1.29 is 0 Å². The third-order valence-corrected chi connectivity index (χ3v) is 8.19. The molecule has 0 N–H and O–H groups in total. The minimum Gasteiger partial charge on any atom is -0.0644 e. The van der Waals surface area contributed by atoms with E-state index in [1.54, 1.807) is 21.6 Å². The summed E-state index contributed by atoms with van der Waals surface area (Å²) >= 11 is 0. The third-order valence-electron chi connectivity index (χ3n) is 5.31. The molecule has 2 atom stereocenters. The zero-order chi connectivity index (χ0) is 16.0. The number of hydrogen-bond acceptors (Lipinski definition) is 0. The van der Waals surface area contributed by atoms with Gasteiger partial charge in [0.2, 0.25) is 0 Å². The van der Waals surface area contributed by atoms with E-state index in [0.717, 1.165) is 0 Å². The Bertz CT molecular complexity index is 811. The summed E-state index contributed by atoms with van der Waals surface area (Å²) in [6.07, 6.45) is 1.23. The Balaban J connectivity index is 1.95. The highest BCUT2D eigenvalue weighted by molar-refractivity contribution is 7.98. The van der Waals surface area contributed by atoms with Crippen LogP contribution >= 0.6 is 0 Å². The lowest BCUT2D eigenvalue weighted by molar-refractivity contribution is 0.889. The first-order chi connectivity index (χ1) is 11.2. The number of benzene rings is 2. The molecule has 0 nitrogen and oxygen atoms in total. The Morgan fingerprint density at radius 1 is 0.826 bits per heavy atom. The Morgan fingerprint density at radius 2 is 1.52 bits per heavy atom. The minimum absolute atomic E-state index is 0.331. The minimum atomic E-state index is 0.331. The lowest BCUT2D eigenvalue weighted by atomic mass is 9.89. The summed E-state index contributed by atoms with van der Waals surface area (Å²) in [5.74, 6) is 1.24. The predicted molar refractivity (Wildman–Crippen MR) is 102 cm³/mol. The number of allylic oxidation sites excluding steroid dienone is 1. The van der Waals surface area contributed by atoms with Gasteiger partial charge >= 0.3 is 0 Å². The molecule has 2 aromatic carbocycles. The first-order valence-corrected chi connectivity index (χ1v) is 9.83. The van der Waals surface area contributed by atoms with Gasteiger partial charge in [0.15, 0.2) is 4.90 Å². The van der Waals surface area contributed by atoms with E-state index in [0.29, 0.717) is 16.1 Å². The summed E-state index contributed by atoms with van der Waals surface area (Å²) < 4.78 is 0. The number of hydrogen-bond donors (Lipinski definition) is 0. The van der Waals surface area contributed by atoms with Crippen LogP contribution in [-0.2, 0) is 10.9 Å². The Hall–Kier alpha value is -1.73. The largest absolute Gasteiger partial charge is 0.163 e. The van der Waals surface area contributed by atoms with Gasteiger partial charge in [0, 0.05) is 22.9 Å². The Kier molecular flexibility index (Phi) is 3.69. The summed E-state index contributed by atoms with van der Waals surface area (Å²) in [5, 5.41) is 0.684. The van der Waals surface area contributed by atoms with E-state index in [4.69, 9.17) is 0 Å². The summed E-state index contributed by atoms with van der Waals surface area (Å²) in [6, 6.07) is 20.0. The van der Waals surface area contributed by atoms with Crippen LogP contribution in [0.5, 0.6) is 0 Å². The average molecular weight is 319 g/mol. The van der Waals surface area contributed by atoms with E-state index in [2.05, 4.69) is 75.4 Å². The first-order valence-electron chi connectivity index (χ1n) is 8.37. The lowest BCUT2D eigenvalue weighted by Crippen LogP contribution is -2.34. The van der Waals surface area contributed by atoms with Crippen molar-refractivity contribution in [2.45, 2.75) is 37.3 Å². The normalized spacial score (nSPS) is 23.6. The molecule has 2 aliphatic rings. The lowest BCUT2D eigenvalue weighted by Gasteiger charge is -2.32. The van der Waals surface area contributed by atoms with Crippen molar-refractivity contribution in [3.63, 3.8) is 0 Å². The summed E-state index contributed by atoms with van der Waals surface area (Å²) in [4.78, 5) is 1.58. The highest BCUT2D eigenvalue weighted by Crippen LogP contribution is 2.46. The smallest absolute Gasteiger partial charge is 0.0644 e. The van der Waals surface area contributed by atoms with Crippen LogP contribution in [0.4, 0.5) is 0 Å². The highest BCUT2D eigenvalue weighted by Gasteiger charge is 2.44. The summed E-state index contributed by atoms with van der Waals surface area (Å²) in [7, 11) is 0.331. The molecule has 0 radical (unpaired) electrons. The van der Waals surface area contributed by atoms with Crippen LogP contribution in [0.15, 0.2) is 76.2 Å². The summed E-state index contributed by atoms with van der Waals surface area (Å²) in [5.41, 5.74) is 9.10. The van der Waals surface area contributed by atoms with Gasteiger partial charge in [-0.25, -0.2) is 0 Å². The van der Waals surface area contributed by atoms with E-state index in [1.165, 1.54) is 28.9 Å². The quantitative estimate of drug-likeness (QED) is 0.473. The number of fused-ring (bicyclic) bond motifs is 3. The van der Waals surface area contributed by atoms with Gasteiger partial charge in [-0.1, -0.05) is 48.0 Å². The van der Waals surface area contributed by atoms with Crippen molar-refractivity contribution in [2.75, 3.05) is 5.75 Å². The standard InChI is InChI=1S/C22H23S/c1-15-13-21-17(3)22(18-9-5-4-6-10-18)19-11-7-8-12-20(19)23(21)14-16(15)2/h4-12,21H,13-14H2,1-3H3/q+1. The van der Waals surface area contributed by atoms with Crippen LogP contribution in [0, 0.1) is 0 Å². The van der Waals surface area contributed by atoms with Gasteiger partial charge in [0.05, 0.1) is 0 Å². The molecule has 0 bridgehead atoms. The monoisotopic (exact) mass is 319 g/mol. The predicted octanol–water partition coefficient (Wildman–Crippen LogP) is 5.61. The first kappa shape index (κ1) is 14.8. The maximum atomic E-state index is 2.37. The van der Waals surface area contributed by atoms with Crippen molar-refractivity contribution in [1.82, 2.24) is 0 Å². The van der Waals surface area contributed by atoms with E-state index >= 15 is 0 Å². The molecule has 0 aromatic heterocycles. The van der Waals surface area contributed by atoms with Crippen molar-refractivity contribution in [3.8, 4) is 0 Å². The molecule has 1 heteroatoms. The number of rotatable bonds is 1. The maximum Gasteiger partial charge on any atom is 0.163 e. The van der Waals surface area contributed by atoms with Gasteiger partial charge in [-0.05, 0) is 55.2 Å². The molecular weight excluding hydrogens is 296 g/mol. The van der Waals surface area contributed by atoms with E-state index in [1.807, 2.05) is 0 Å². The van der Waals surface area contributed by atoms with Gasteiger partial charge in [-0.2, -0.15) is 0 Å². The maximum absolute atomic E-state index is 2.37. The second kappa shape index (κ2) is 5.72. The zero-order valence-corrected chi connectivity index (χ0v) is 14.9. The molecule has 0 saturated heterocycles. The molecule has 116 valence electrons. The third kappa shape index (κ3) is 2.38. The topological polar surface area (TPSA) is 0 Å². The van der Waals surface area contributed by atoms with Crippen molar-refractivity contribution in [2.24, 2.45) is 0 Å². The van der Waals surface area contributed by atoms with E-state index < -0.39 is 0 Å². The van der Waals surface area contributed by atoms with Gasteiger partial charge in [-0.15, -0.1) is 0 Å². The van der Waals surface area contributed by atoms with Crippen molar-refractivity contribution >= 4 is 16.5 Å². The fraction of sp³-hybridized carbons (Fsp3) is 0.273. The molecule has 0 aliphatic carbocycles. The van der Waals surface area contributed by atoms with Crippen LogP contribution in [0.25, 0.3) is 5.57 Å². The van der Waals surface area contributed by atoms with Crippen molar-refractivity contribution in [3.05, 3.63) is 82.4 Å². The second-order valence-corrected chi connectivity index (χ2v) is 8.90. The zero-order valence-electron chi connectivity index (χ0n) is 14.1. The average Bonchev–Trinajstić information content (AvgIpc) is 2.58. The fourth-order valence-electron chi connectivity index (χ4n) is 3.87. The SMILES string of the molecule is CC1=C(C)C[S+]2c3ccccc3C(c3ccccc3)=C(C)C2C1. The van der Waals surface area contributed by atoms with Gasteiger partial charge in [0.1, 0.15) is 11.0 Å².